The molecule has 15 aromatic rings. The van der Waals surface area contributed by atoms with E-state index in [1.807, 2.05) is 12.1 Å². The lowest BCUT2D eigenvalue weighted by Gasteiger charge is -2.20. The molecule has 0 unspecified atom stereocenters. The number of hydrogen-bond acceptors (Lipinski definition) is 2. The number of nitriles is 2. The number of nitrogens with zero attached hydrogens (tertiary/aromatic N) is 4. The van der Waals surface area contributed by atoms with Gasteiger partial charge in [-0.3, -0.25) is 0 Å². The molecule has 2 heterocycles. The summed E-state index contributed by atoms with van der Waals surface area (Å²) in [6, 6.07) is 83.6. The molecule has 320 valence electrons. The van der Waals surface area contributed by atoms with Crippen LogP contribution in [0.2, 0.25) is 0 Å². The highest BCUT2D eigenvalue weighted by atomic mass is 15.0. The molecule has 0 atom stereocenters. The van der Waals surface area contributed by atoms with Crippen molar-refractivity contribution in [3.63, 3.8) is 0 Å². The molecule has 70 heavy (non-hydrogen) atoms. The van der Waals surface area contributed by atoms with Crippen molar-refractivity contribution in [1.82, 2.24) is 9.13 Å². The summed E-state index contributed by atoms with van der Waals surface area (Å²) in [5, 5.41) is 36.3. The van der Waals surface area contributed by atoms with Crippen molar-refractivity contribution >= 4 is 97.5 Å². The van der Waals surface area contributed by atoms with Crippen LogP contribution in [0.3, 0.4) is 0 Å². The Hall–Kier alpha value is -9.74. The molecule has 13 aromatic carbocycles. The highest BCUT2D eigenvalue weighted by Crippen LogP contribution is 2.50. The molecule has 0 fully saturated rings. The van der Waals surface area contributed by atoms with E-state index in [-0.39, 0.29) is 0 Å². The lowest BCUT2D eigenvalue weighted by atomic mass is 9.83. The number of benzene rings is 13. The van der Waals surface area contributed by atoms with E-state index in [0.29, 0.717) is 11.1 Å². The lowest BCUT2D eigenvalue weighted by Crippen LogP contribution is -1.95. The van der Waals surface area contributed by atoms with Gasteiger partial charge < -0.3 is 9.13 Å². The molecule has 0 radical (unpaired) electrons. The maximum Gasteiger partial charge on any atom is 0.0998 e. The van der Waals surface area contributed by atoms with Crippen LogP contribution in [-0.4, -0.2) is 9.13 Å². The zero-order chi connectivity index (χ0) is 46.2. The van der Waals surface area contributed by atoms with Crippen LogP contribution in [0.15, 0.2) is 218 Å². The maximum absolute atomic E-state index is 10.2. The van der Waals surface area contributed by atoms with E-state index in [2.05, 4.69) is 228 Å². The summed E-state index contributed by atoms with van der Waals surface area (Å²) < 4.78 is 4.73. The van der Waals surface area contributed by atoms with Crippen molar-refractivity contribution in [2.24, 2.45) is 0 Å². The Morgan fingerprint density at radius 3 is 1.20 bits per heavy atom. The molecule has 0 aliphatic heterocycles. The highest BCUT2D eigenvalue weighted by Gasteiger charge is 2.25. The third-order valence-electron chi connectivity index (χ3n) is 15.1. The van der Waals surface area contributed by atoms with E-state index in [0.717, 1.165) is 76.9 Å². The average Bonchev–Trinajstić information content (AvgIpc) is 3.95. The van der Waals surface area contributed by atoms with Crippen molar-refractivity contribution in [2.75, 3.05) is 0 Å². The second kappa shape index (κ2) is 14.4. The van der Waals surface area contributed by atoms with E-state index in [9.17, 15) is 10.5 Å². The van der Waals surface area contributed by atoms with E-state index in [1.165, 1.54) is 65.3 Å². The van der Waals surface area contributed by atoms with Gasteiger partial charge >= 0.3 is 0 Å². The molecule has 0 saturated carbocycles. The van der Waals surface area contributed by atoms with Gasteiger partial charge in [0.25, 0.3) is 0 Å². The van der Waals surface area contributed by atoms with E-state index < -0.39 is 0 Å². The molecule has 0 aliphatic carbocycles. The number of hydrogen-bond donors (Lipinski definition) is 0. The van der Waals surface area contributed by atoms with E-state index >= 15 is 0 Å². The molecule has 0 bridgehead atoms. The first-order chi connectivity index (χ1) is 34.7. The maximum atomic E-state index is 10.2. The Labute approximate surface area is 401 Å². The van der Waals surface area contributed by atoms with Gasteiger partial charge in [0.05, 0.1) is 45.3 Å². The monoisotopic (exact) mass is 884 g/mol. The molecule has 0 amide bonds. The molecule has 0 N–H and O–H groups in total. The van der Waals surface area contributed by atoms with Crippen LogP contribution < -0.4 is 0 Å². The molecular weight excluding hydrogens is 849 g/mol. The second-order valence-electron chi connectivity index (χ2n) is 18.5. The molecule has 0 aliphatic rings. The summed E-state index contributed by atoms with van der Waals surface area (Å²) in [6.07, 6.45) is 0. The summed E-state index contributed by atoms with van der Waals surface area (Å²) in [7, 11) is 0. The third-order valence-corrected chi connectivity index (χ3v) is 15.1. The van der Waals surface area contributed by atoms with Crippen molar-refractivity contribution in [3.8, 4) is 56.9 Å². The predicted molar refractivity (Wildman–Crippen MR) is 291 cm³/mol. The van der Waals surface area contributed by atoms with E-state index in [4.69, 9.17) is 0 Å². The molecule has 4 nitrogen and oxygen atoms in total. The Bertz CT molecular complexity index is 4710. The number of para-hydroxylation sites is 2. The van der Waals surface area contributed by atoms with Crippen LogP contribution in [0, 0.1) is 22.7 Å². The SMILES string of the molecule is N#Cc1ccc2c3c1ccc1cc(-c4ccc(-c5c6ccccc6c(-c6cc7ccc8c(C#N)ccc9c8c7c(c6)n9-c6ccccc6)c6ccccc56)c5ccccc45)cc(c13)n2-c1ccccc1. The Morgan fingerprint density at radius 2 is 0.700 bits per heavy atom. The summed E-state index contributed by atoms with van der Waals surface area (Å²) >= 11 is 0. The Kier molecular flexibility index (Phi) is 7.88. The topological polar surface area (TPSA) is 57.4 Å². The van der Waals surface area contributed by atoms with Crippen LogP contribution in [0.5, 0.6) is 0 Å². The van der Waals surface area contributed by atoms with Gasteiger partial charge in [0, 0.05) is 43.7 Å². The van der Waals surface area contributed by atoms with Crippen LogP contribution in [-0.2, 0) is 0 Å². The normalized spacial score (nSPS) is 12.0. The summed E-state index contributed by atoms with van der Waals surface area (Å²) in [5.41, 5.74) is 15.0. The summed E-state index contributed by atoms with van der Waals surface area (Å²) in [5.74, 6) is 0. The molecule has 0 saturated heterocycles. The molecule has 0 spiro atoms. The summed E-state index contributed by atoms with van der Waals surface area (Å²) in [4.78, 5) is 0. The lowest BCUT2D eigenvalue weighted by molar-refractivity contribution is 1.18. The van der Waals surface area contributed by atoms with Crippen molar-refractivity contribution in [3.05, 3.63) is 230 Å². The molecule has 15 rings (SSSR count). The van der Waals surface area contributed by atoms with Gasteiger partial charge in [0.2, 0.25) is 0 Å². The first-order valence-corrected chi connectivity index (χ1v) is 23.7. The zero-order valence-electron chi connectivity index (χ0n) is 37.6. The van der Waals surface area contributed by atoms with Crippen LogP contribution >= 0.6 is 0 Å². The van der Waals surface area contributed by atoms with Gasteiger partial charge in [0.15, 0.2) is 0 Å². The van der Waals surface area contributed by atoms with Crippen LogP contribution in [0.1, 0.15) is 11.1 Å². The first-order valence-electron chi connectivity index (χ1n) is 23.7. The number of fused-ring (bicyclic) bond motifs is 3. The van der Waals surface area contributed by atoms with Crippen LogP contribution in [0.4, 0.5) is 0 Å². The van der Waals surface area contributed by atoms with Crippen LogP contribution in [0.25, 0.3) is 142 Å². The largest absolute Gasteiger partial charge is 0.309 e. The van der Waals surface area contributed by atoms with Crippen molar-refractivity contribution in [2.45, 2.75) is 0 Å². The van der Waals surface area contributed by atoms with Gasteiger partial charge in [-0.05, 0) is 149 Å². The average molecular weight is 885 g/mol. The van der Waals surface area contributed by atoms with Crippen molar-refractivity contribution in [1.29, 1.82) is 10.5 Å². The molecular formula is C66H36N4. The fourth-order valence-electron chi connectivity index (χ4n) is 12.2. The Balaban J connectivity index is 0.977. The van der Waals surface area contributed by atoms with Gasteiger partial charge in [-0.1, -0.05) is 146 Å². The predicted octanol–water partition coefficient (Wildman–Crippen LogP) is 17.3. The Morgan fingerprint density at radius 1 is 0.286 bits per heavy atom. The summed E-state index contributed by atoms with van der Waals surface area (Å²) in [6.45, 7) is 0. The fraction of sp³-hybridized carbons (Fsp3) is 0. The van der Waals surface area contributed by atoms with Gasteiger partial charge in [0.1, 0.15) is 0 Å². The van der Waals surface area contributed by atoms with Gasteiger partial charge in [-0.15, -0.1) is 0 Å². The minimum absolute atomic E-state index is 0.688. The van der Waals surface area contributed by atoms with Crippen molar-refractivity contribution < 1.29 is 0 Å². The molecule has 2 aromatic heterocycles. The minimum atomic E-state index is 0.688. The fourth-order valence-corrected chi connectivity index (χ4v) is 12.2. The zero-order valence-corrected chi connectivity index (χ0v) is 37.6. The third kappa shape index (κ3) is 5.17. The van der Waals surface area contributed by atoms with E-state index in [1.54, 1.807) is 0 Å². The second-order valence-corrected chi connectivity index (χ2v) is 18.5. The molecule has 4 heteroatoms. The minimum Gasteiger partial charge on any atom is -0.309 e. The first kappa shape index (κ1) is 38.4. The standard InChI is InChI=1S/C66H36N4/c67-37-41-25-31-57-65-48(41)27-23-39-33-43(35-59(62(39)65)69(57)45-13-3-1-4-14-45)47-29-30-56(51-18-8-7-17-50(47)51)64-54-21-11-9-19-52(54)61(53-20-10-12-22-55(53)64)44-34-40-24-28-49-42(38-68)26-32-58-66(49)63(40)60(36-44)70(58)46-15-5-2-6-16-46/h1-36H. The quantitative estimate of drug-likeness (QED) is 0.128. The number of rotatable bonds is 5. The smallest absolute Gasteiger partial charge is 0.0998 e. The van der Waals surface area contributed by atoms with Gasteiger partial charge in [-0.2, -0.15) is 10.5 Å². The number of aromatic nitrogens is 2. The van der Waals surface area contributed by atoms with Gasteiger partial charge in [-0.25, -0.2) is 0 Å². The highest BCUT2D eigenvalue weighted by molar-refractivity contribution is 6.30.